The number of aryl methyl sites for hydroxylation is 1. The number of thiophene rings is 1. The number of likely N-dealkylation sites (tertiary alicyclic amines) is 1. The van der Waals surface area contributed by atoms with Crippen LogP contribution in [0.2, 0.25) is 0 Å². The number of carbonyl (C=O) groups is 2. The number of benzene rings is 1. The van der Waals surface area contributed by atoms with Crippen LogP contribution < -0.4 is 20.7 Å². The second-order valence-corrected chi connectivity index (χ2v) is 12.9. The molecule has 3 N–H and O–H groups in total. The van der Waals surface area contributed by atoms with Crippen LogP contribution in [0, 0.1) is 18.7 Å². The van der Waals surface area contributed by atoms with Gasteiger partial charge >= 0.3 is 6.09 Å². The van der Waals surface area contributed by atoms with E-state index in [2.05, 4.69) is 15.2 Å². The fraction of sp³-hybridized carbons (Fsp3) is 0.483. The molecule has 0 saturated carbocycles. The van der Waals surface area contributed by atoms with Crippen molar-refractivity contribution in [2.75, 3.05) is 36.9 Å². The number of fused-ring (bicyclic) bond motifs is 3. The summed E-state index contributed by atoms with van der Waals surface area (Å²) in [7, 11) is 0. The minimum absolute atomic E-state index is 0.102. The molecule has 0 radical (unpaired) electrons. The van der Waals surface area contributed by atoms with Crippen LogP contribution in [0.15, 0.2) is 24.3 Å². The number of nitrogen functional groups attached to an aromatic ring is 1. The van der Waals surface area contributed by atoms with Gasteiger partial charge in [0.15, 0.2) is 0 Å². The fourth-order valence-electron chi connectivity index (χ4n) is 5.95. The topological polar surface area (TPSA) is 110 Å². The van der Waals surface area contributed by atoms with Crippen LogP contribution in [0.4, 0.5) is 20.6 Å². The van der Waals surface area contributed by atoms with Gasteiger partial charge in [-0.3, -0.25) is 4.79 Å². The van der Waals surface area contributed by atoms with E-state index in [-0.39, 0.29) is 30.5 Å². The first-order chi connectivity index (χ1) is 19.0. The molecule has 0 spiro atoms. The molecule has 3 atom stereocenters. The molecule has 3 aliphatic heterocycles. The van der Waals surface area contributed by atoms with Crippen LogP contribution in [0.25, 0.3) is 10.2 Å². The van der Waals surface area contributed by atoms with Gasteiger partial charge in [-0.25, -0.2) is 14.2 Å². The number of carbonyl (C=O) groups excluding carboxylic acids is 2. The Morgan fingerprint density at radius 2 is 2.05 bits per heavy atom. The van der Waals surface area contributed by atoms with E-state index < -0.39 is 11.6 Å². The van der Waals surface area contributed by atoms with Crippen molar-refractivity contribution in [1.29, 1.82) is 0 Å². The van der Waals surface area contributed by atoms with Crippen molar-refractivity contribution >= 4 is 44.9 Å². The molecule has 0 bridgehead atoms. The first kappa shape index (κ1) is 26.6. The number of hydrogen-bond donors (Lipinski definition) is 2. The lowest BCUT2D eigenvalue weighted by Crippen LogP contribution is -2.43. The van der Waals surface area contributed by atoms with Crippen LogP contribution in [-0.4, -0.2) is 65.8 Å². The van der Waals surface area contributed by atoms with Gasteiger partial charge in [0, 0.05) is 60.4 Å². The van der Waals surface area contributed by atoms with Crippen molar-refractivity contribution in [2.45, 2.75) is 58.2 Å². The van der Waals surface area contributed by atoms with Gasteiger partial charge in [-0.15, -0.1) is 11.3 Å². The Morgan fingerprint density at radius 3 is 2.83 bits per heavy atom. The maximum absolute atomic E-state index is 15.5. The standard InChI is InChI=1S/C29H34FN5O4S/c1-15-5-6-19-24(31)25(40-27(19)32-15)26(36)33-17-9-20-21(30)10-18(11-23(20)38-14-17)35-8-7-16-12-34(13-22(16)35)28(37)39-29(2,3)4/h5-6,10-11,16-17,22H,7-9,12-14,31H2,1-4H3,(H,33,36)/t16-,17+,22+/m0/s1. The molecule has 5 heterocycles. The van der Waals surface area contributed by atoms with Crippen molar-refractivity contribution < 1.29 is 23.5 Å². The Hall–Kier alpha value is -3.60. The van der Waals surface area contributed by atoms with Crippen molar-refractivity contribution in [3.05, 3.63) is 46.2 Å². The highest BCUT2D eigenvalue weighted by Gasteiger charge is 2.44. The summed E-state index contributed by atoms with van der Waals surface area (Å²) in [5, 5.41) is 3.72. The van der Waals surface area contributed by atoms with Gasteiger partial charge in [0.05, 0.1) is 17.8 Å². The highest BCUT2D eigenvalue weighted by molar-refractivity contribution is 7.21. The molecule has 2 fully saturated rings. The van der Waals surface area contributed by atoms with Gasteiger partial charge in [-0.2, -0.15) is 0 Å². The third-order valence-electron chi connectivity index (χ3n) is 7.84. The lowest BCUT2D eigenvalue weighted by Gasteiger charge is -2.31. The summed E-state index contributed by atoms with van der Waals surface area (Å²) in [5.41, 5.74) is 8.14. The van der Waals surface area contributed by atoms with Gasteiger partial charge in [-0.1, -0.05) is 0 Å². The predicted molar refractivity (Wildman–Crippen MR) is 153 cm³/mol. The number of halogens is 1. The Kier molecular flexibility index (Phi) is 6.52. The molecule has 11 heteroatoms. The number of hydrogen-bond acceptors (Lipinski definition) is 8. The molecule has 3 aliphatic rings. The summed E-state index contributed by atoms with van der Waals surface area (Å²) >= 11 is 1.25. The third-order valence-corrected chi connectivity index (χ3v) is 8.95. The maximum atomic E-state index is 15.5. The van der Waals surface area contributed by atoms with E-state index in [1.807, 2.05) is 45.9 Å². The van der Waals surface area contributed by atoms with Crippen molar-refractivity contribution in [3.63, 3.8) is 0 Å². The number of rotatable bonds is 3. The Labute approximate surface area is 236 Å². The van der Waals surface area contributed by atoms with Gasteiger partial charge in [0.1, 0.15) is 33.5 Å². The maximum Gasteiger partial charge on any atom is 0.410 e. The first-order valence-electron chi connectivity index (χ1n) is 13.6. The summed E-state index contributed by atoms with van der Waals surface area (Å²) < 4.78 is 27.0. The number of nitrogens with zero attached hydrogens (tertiary/aromatic N) is 3. The molecule has 212 valence electrons. The zero-order valence-corrected chi connectivity index (χ0v) is 23.9. The molecule has 0 unspecified atom stereocenters. The van der Waals surface area contributed by atoms with E-state index >= 15 is 4.39 Å². The molecule has 9 nitrogen and oxygen atoms in total. The molecule has 6 rings (SSSR count). The molecule has 2 saturated heterocycles. The lowest BCUT2D eigenvalue weighted by atomic mass is 10.0. The minimum atomic E-state index is -0.550. The molecule has 2 aromatic heterocycles. The summed E-state index contributed by atoms with van der Waals surface area (Å²) in [6.07, 6.45) is 0.931. The summed E-state index contributed by atoms with van der Waals surface area (Å²) in [4.78, 5) is 35.2. The molecule has 1 aromatic carbocycles. The lowest BCUT2D eigenvalue weighted by molar-refractivity contribution is 0.0284. The summed E-state index contributed by atoms with van der Waals surface area (Å²) in [5.74, 6) is 0.128. The number of nitrogens with two attached hydrogens (primary N) is 1. The third kappa shape index (κ3) is 4.91. The van der Waals surface area contributed by atoms with Crippen molar-refractivity contribution in [1.82, 2.24) is 15.2 Å². The van der Waals surface area contributed by atoms with E-state index in [1.54, 1.807) is 11.0 Å². The number of amides is 2. The number of pyridine rings is 1. The number of anilines is 2. The van der Waals surface area contributed by atoms with E-state index in [0.29, 0.717) is 52.1 Å². The van der Waals surface area contributed by atoms with Gasteiger partial charge in [0.25, 0.3) is 5.91 Å². The highest BCUT2D eigenvalue weighted by Crippen LogP contribution is 2.40. The predicted octanol–water partition coefficient (Wildman–Crippen LogP) is 4.51. The molecule has 2 amide bonds. The van der Waals surface area contributed by atoms with Gasteiger partial charge in [-0.05, 0) is 52.3 Å². The number of nitrogens with one attached hydrogen (secondary N) is 1. The first-order valence-corrected chi connectivity index (χ1v) is 14.4. The van der Waals surface area contributed by atoms with Crippen LogP contribution >= 0.6 is 11.3 Å². The Morgan fingerprint density at radius 1 is 1.25 bits per heavy atom. The Bertz CT molecular complexity index is 1500. The van der Waals surface area contributed by atoms with Crippen LogP contribution in [0.3, 0.4) is 0 Å². The van der Waals surface area contributed by atoms with E-state index in [9.17, 15) is 9.59 Å². The zero-order chi connectivity index (χ0) is 28.3. The average molecular weight is 568 g/mol. The number of aromatic nitrogens is 1. The van der Waals surface area contributed by atoms with Crippen LogP contribution in [0.5, 0.6) is 5.75 Å². The summed E-state index contributed by atoms with van der Waals surface area (Å²) in [6, 6.07) is 6.87. The second kappa shape index (κ2) is 9.79. The molecular weight excluding hydrogens is 533 g/mol. The summed E-state index contributed by atoms with van der Waals surface area (Å²) in [6.45, 7) is 9.67. The fourth-order valence-corrected chi connectivity index (χ4v) is 6.99. The normalized spacial score (nSPS) is 22.2. The van der Waals surface area contributed by atoms with E-state index in [0.717, 1.165) is 29.7 Å². The van der Waals surface area contributed by atoms with Crippen molar-refractivity contribution in [3.8, 4) is 5.75 Å². The molecule has 40 heavy (non-hydrogen) atoms. The molecule has 0 aliphatic carbocycles. The Balaban J connectivity index is 1.14. The quantitative estimate of drug-likeness (QED) is 0.479. The minimum Gasteiger partial charge on any atom is -0.491 e. The zero-order valence-electron chi connectivity index (χ0n) is 23.1. The van der Waals surface area contributed by atoms with Crippen molar-refractivity contribution in [2.24, 2.45) is 5.92 Å². The average Bonchev–Trinajstić information content (AvgIpc) is 3.56. The smallest absolute Gasteiger partial charge is 0.410 e. The second-order valence-electron chi connectivity index (χ2n) is 11.9. The number of ether oxygens (including phenoxy) is 2. The highest BCUT2D eigenvalue weighted by atomic mass is 32.1. The van der Waals surface area contributed by atoms with Gasteiger partial charge in [0.2, 0.25) is 0 Å². The van der Waals surface area contributed by atoms with E-state index in [1.165, 1.54) is 11.3 Å². The molecule has 3 aromatic rings. The van der Waals surface area contributed by atoms with Gasteiger partial charge < -0.3 is 30.3 Å². The largest absolute Gasteiger partial charge is 0.491 e. The SMILES string of the molecule is Cc1ccc2c(N)c(C(=O)N[C@H]3COc4cc(N5CC[C@H]6CN(C(=O)OC(C)(C)C)C[C@H]65)cc(F)c4C3)sc2n1. The van der Waals surface area contributed by atoms with Crippen LogP contribution in [-0.2, 0) is 11.2 Å². The molecular formula is C29H34FN5O4S. The van der Waals surface area contributed by atoms with E-state index in [4.69, 9.17) is 15.2 Å². The monoisotopic (exact) mass is 567 g/mol. The van der Waals surface area contributed by atoms with Crippen LogP contribution in [0.1, 0.15) is 48.1 Å².